The van der Waals surface area contributed by atoms with E-state index in [0.29, 0.717) is 19.6 Å². The van der Waals surface area contributed by atoms with Crippen LogP contribution in [0.5, 0.6) is 5.75 Å². The maximum atomic E-state index is 11.2. The van der Waals surface area contributed by atoms with Crippen LogP contribution in [0.15, 0.2) is 54.2 Å². The Morgan fingerprint density at radius 2 is 1.97 bits per heavy atom. The minimum atomic E-state index is -0.856. The fraction of sp³-hybridized carbons (Fsp3) is 0.375. The molecule has 0 atom stereocenters. The first-order chi connectivity index (χ1) is 14.9. The highest BCUT2D eigenvalue weighted by Gasteiger charge is 2.28. The van der Waals surface area contributed by atoms with Gasteiger partial charge in [-0.15, -0.1) is 0 Å². The van der Waals surface area contributed by atoms with Gasteiger partial charge in [-0.25, -0.2) is 14.5 Å². The van der Waals surface area contributed by atoms with E-state index in [1.54, 1.807) is 7.11 Å². The summed E-state index contributed by atoms with van der Waals surface area (Å²) in [5, 5.41) is 14.7. The van der Waals surface area contributed by atoms with E-state index in [9.17, 15) is 9.90 Å². The lowest BCUT2D eigenvalue weighted by molar-refractivity contribution is 0.147. The van der Waals surface area contributed by atoms with Gasteiger partial charge in [0.2, 0.25) is 0 Å². The van der Waals surface area contributed by atoms with Crippen LogP contribution < -0.4 is 4.74 Å². The van der Waals surface area contributed by atoms with Gasteiger partial charge < -0.3 is 14.7 Å². The van der Waals surface area contributed by atoms with Gasteiger partial charge in [0.1, 0.15) is 5.75 Å². The predicted octanol–water partition coefficient (Wildman–Crippen LogP) is 4.37. The molecule has 0 saturated carbocycles. The van der Waals surface area contributed by atoms with Gasteiger partial charge in [0.15, 0.2) is 5.65 Å². The molecule has 3 heterocycles. The molecule has 0 radical (unpaired) electrons. The number of ether oxygens (including phenoxy) is 1. The first-order valence-corrected chi connectivity index (χ1v) is 10.5. The zero-order chi connectivity index (χ0) is 22.0. The Hall–Kier alpha value is -3.35. The van der Waals surface area contributed by atoms with Crippen molar-refractivity contribution in [3.8, 4) is 5.75 Å². The number of fused-ring (bicyclic) bond motifs is 1. The largest absolute Gasteiger partial charge is 0.497 e. The number of carbonyl (C=O) groups is 1. The molecule has 2 aromatic heterocycles. The van der Waals surface area contributed by atoms with E-state index in [4.69, 9.17) is 9.72 Å². The van der Waals surface area contributed by atoms with Gasteiger partial charge in [-0.2, -0.15) is 5.10 Å². The molecule has 0 spiro atoms. The highest BCUT2D eigenvalue weighted by molar-refractivity contribution is 5.74. The quantitative estimate of drug-likeness (QED) is 0.599. The molecule has 7 heteroatoms. The number of amides is 1. The van der Waals surface area contributed by atoms with Crippen molar-refractivity contribution in [3.63, 3.8) is 0 Å². The summed E-state index contributed by atoms with van der Waals surface area (Å²) in [6, 6.07) is 12.1. The van der Waals surface area contributed by atoms with Crippen molar-refractivity contribution < 1.29 is 14.6 Å². The van der Waals surface area contributed by atoms with Crippen LogP contribution in [0.4, 0.5) is 4.79 Å². The number of hydrogen-bond donors (Lipinski definition) is 1. The van der Waals surface area contributed by atoms with Crippen molar-refractivity contribution in [2.24, 2.45) is 5.41 Å². The molecule has 1 aliphatic rings. The number of pyridine rings is 1. The molecular weight excluding hydrogens is 392 g/mol. The molecule has 0 unspecified atom stereocenters. The molecule has 3 aromatic rings. The minimum Gasteiger partial charge on any atom is -0.497 e. The van der Waals surface area contributed by atoms with Crippen molar-refractivity contribution in [1.82, 2.24) is 19.7 Å². The van der Waals surface area contributed by atoms with Crippen molar-refractivity contribution in [2.45, 2.75) is 33.2 Å². The summed E-state index contributed by atoms with van der Waals surface area (Å²) in [5.41, 5.74) is 4.22. The molecule has 4 rings (SSSR count). The fourth-order valence-electron chi connectivity index (χ4n) is 4.13. The average Bonchev–Trinajstić information content (AvgIpc) is 3.16. The van der Waals surface area contributed by atoms with Crippen LogP contribution in [0, 0.1) is 5.41 Å². The van der Waals surface area contributed by atoms with Gasteiger partial charge in [0.05, 0.1) is 19.9 Å². The van der Waals surface area contributed by atoms with E-state index in [1.165, 1.54) is 10.5 Å². The highest BCUT2D eigenvalue weighted by Crippen LogP contribution is 2.34. The number of aromatic nitrogens is 3. The van der Waals surface area contributed by atoms with Gasteiger partial charge in [-0.05, 0) is 48.1 Å². The van der Waals surface area contributed by atoms with Crippen LogP contribution in [0.2, 0.25) is 0 Å². The van der Waals surface area contributed by atoms with Crippen molar-refractivity contribution in [2.75, 3.05) is 20.2 Å². The van der Waals surface area contributed by atoms with Crippen molar-refractivity contribution in [3.05, 3.63) is 65.5 Å². The van der Waals surface area contributed by atoms with E-state index in [1.807, 2.05) is 35.1 Å². The normalized spacial score (nSPS) is 14.5. The van der Waals surface area contributed by atoms with Crippen LogP contribution in [-0.2, 0) is 13.0 Å². The van der Waals surface area contributed by atoms with E-state index in [-0.39, 0.29) is 5.41 Å². The maximum absolute atomic E-state index is 11.2. The number of carboxylic acid groups (broad SMARTS) is 1. The third-order valence-electron chi connectivity index (χ3n) is 6.01. The second-order valence-corrected chi connectivity index (χ2v) is 8.63. The van der Waals surface area contributed by atoms with E-state index in [2.05, 4.69) is 37.2 Å². The number of nitrogens with zero attached hydrogens (tertiary/aromatic N) is 4. The molecule has 1 amide bonds. The second-order valence-electron chi connectivity index (χ2n) is 8.63. The van der Waals surface area contributed by atoms with Crippen LogP contribution >= 0.6 is 0 Å². The van der Waals surface area contributed by atoms with Gasteiger partial charge in [-0.1, -0.05) is 37.6 Å². The Bertz CT molecular complexity index is 1120. The molecule has 0 aliphatic carbocycles. The minimum absolute atomic E-state index is 0.0912. The Labute approximate surface area is 182 Å². The van der Waals surface area contributed by atoms with Gasteiger partial charge in [0, 0.05) is 24.2 Å². The monoisotopic (exact) mass is 420 g/mol. The third kappa shape index (κ3) is 4.55. The fourth-order valence-corrected chi connectivity index (χ4v) is 4.13. The average molecular weight is 421 g/mol. The summed E-state index contributed by atoms with van der Waals surface area (Å²) in [5.74, 6) is 0.834. The first-order valence-electron chi connectivity index (χ1n) is 10.5. The molecular formula is C24H28N4O3. The topological polar surface area (TPSA) is 80.5 Å². The van der Waals surface area contributed by atoms with Gasteiger partial charge in [-0.3, -0.25) is 0 Å². The standard InChI is InChI=1S/C24H28N4O3/c1-24(2,19-10-12-27(13-11-19)23(29)30)14-20-7-6-18-15-25-28(22(18)26-20)16-17-4-8-21(31-3)9-5-17/h4-10,15H,11-14,16H2,1-3H3,(H,29,30). The number of benzene rings is 1. The van der Waals surface area contributed by atoms with Crippen LogP contribution in [0.25, 0.3) is 11.0 Å². The molecule has 162 valence electrons. The Morgan fingerprint density at radius 3 is 2.61 bits per heavy atom. The van der Waals surface area contributed by atoms with Crippen molar-refractivity contribution in [1.29, 1.82) is 0 Å². The summed E-state index contributed by atoms with van der Waals surface area (Å²) in [7, 11) is 1.66. The summed E-state index contributed by atoms with van der Waals surface area (Å²) >= 11 is 0. The molecule has 31 heavy (non-hydrogen) atoms. The summed E-state index contributed by atoms with van der Waals surface area (Å²) in [4.78, 5) is 17.5. The third-order valence-corrected chi connectivity index (χ3v) is 6.01. The second kappa shape index (κ2) is 8.41. The van der Waals surface area contributed by atoms with E-state index < -0.39 is 6.09 Å². The van der Waals surface area contributed by atoms with E-state index >= 15 is 0 Å². The lowest BCUT2D eigenvalue weighted by Gasteiger charge is -2.33. The molecule has 1 N–H and O–H groups in total. The molecule has 0 fully saturated rings. The van der Waals surface area contributed by atoms with Gasteiger partial charge >= 0.3 is 6.09 Å². The Morgan fingerprint density at radius 1 is 1.19 bits per heavy atom. The number of hydrogen-bond acceptors (Lipinski definition) is 4. The predicted molar refractivity (Wildman–Crippen MR) is 119 cm³/mol. The smallest absolute Gasteiger partial charge is 0.407 e. The summed E-state index contributed by atoms with van der Waals surface area (Å²) in [6.07, 6.45) is 4.60. The molecule has 7 nitrogen and oxygen atoms in total. The summed E-state index contributed by atoms with van der Waals surface area (Å²) in [6.45, 7) is 6.05. The van der Waals surface area contributed by atoms with Crippen LogP contribution in [0.1, 0.15) is 31.5 Å². The molecule has 0 bridgehead atoms. The number of rotatable bonds is 6. The van der Waals surface area contributed by atoms with E-state index in [0.717, 1.165) is 40.9 Å². The molecule has 1 aromatic carbocycles. The zero-order valence-electron chi connectivity index (χ0n) is 18.2. The Kier molecular flexibility index (Phi) is 5.67. The zero-order valence-corrected chi connectivity index (χ0v) is 18.2. The maximum Gasteiger partial charge on any atom is 0.407 e. The molecule has 0 saturated heterocycles. The SMILES string of the molecule is COc1ccc(Cn2ncc3ccc(CC(C)(C)C4=CCN(C(=O)O)CC4)nc32)cc1. The van der Waals surface area contributed by atoms with Gasteiger partial charge in [0.25, 0.3) is 0 Å². The molecule has 1 aliphatic heterocycles. The highest BCUT2D eigenvalue weighted by atomic mass is 16.5. The van der Waals surface area contributed by atoms with Crippen LogP contribution in [-0.4, -0.2) is 51.1 Å². The first kappa shape index (κ1) is 20.9. The lowest BCUT2D eigenvalue weighted by Crippen LogP contribution is -2.36. The summed E-state index contributed by atoms with van der Waals surface area (Å²) < 4.78 is 7.16. The van der Waals surface area contributed by atoms with Crippen molar-refractivity contribution >= 4 is 17.1 Å². The van der Waals surface area contributed by atoms with Crippen LogP contribution in [0.3, 0.4) is 0 Å². The lowest BCUT2D eigenvalue weighted by atomic mass is 9.77. The Balaban J connectivity index is 1.53. The number of methoxy groups -OCH3 is 1.